The normalized spacial score (nSPS) is 10.3. The number of aryl methyl sites for hydroxylation is 1. The molecule has 0 spiro atoms. The van der Waals surface area contributed by atoms with Crippen molar-refractivity contribution in [3.8, 4) is 17.0 Å². The van der Waals surface area contributed by atoms with Crippen LogP contribution in [0.2, 0.25) is 0 Å². The lowest BCUT2D eigenvalue weighted by molar-refractivity contribution is 0.0696. The molecule has 0 fully saturated rings. The fraction of sp³-hybridized carbons (Fsp3) is 0.154. The number of carbonyl (C=O) groups is 1. The number of nitrogens with zero attached hydrogens (tertiary/aromatic N) is 2. The number of hydrogen-bond donors (Lipinski definition) is 2. The van der Waals surface area contributed by atoms with Crippen LogP contribution in [0.5, 0.6) is 5.75 Å². The van der Waals surface area contributed by atoms with Gasteiger partial charge in [0.2, 0.25) is 5.95 Å². The predicted molar refractivity (Wildman–Crippen MR) is 77.8 cm³/mol. The van der Waals surface area contributed by atoms with Crippen LogP contribution in [0.4, 0.5) is 5.95 Å². The number of nitrogen functional groups attached to an aromatic ring is 1. The van der Waals surface area contributed by atoms with Crippen LogP contribution in [0.25, 0.3) is 11.3 Å². The largest absolute Gasteiger partial charge is 0.496 e. The van der Waals surface area contributed by atoms with Crippen molar-refractivity contribution >= 4 is 27.8 Å². The van der Waals surface area contributed by atoms with Crippen LogP contribution in [-0.2, 0) is 0 Å². The average molecular weight is 338 g/mol. The molecule has 0 amide bonds. The van der Waals surface area contributed by atoms with Gasteiger partial charge in [-0.2, -0.15) is 0 Å². The number of rotatable bonds is 3. The van der Waals surface area contributed by atoms with E-state index in [-0.39, 0.29) is 17.2 Å². The van der Waals surface area contributed by atoms with Crippen molar-refractivity contribution in [2.75, 3.05) is 12.8 Å². The molecule has 0 atom stereocenters. The summed E-state index contributed by atoms with van der Waals surface area (Å²) in [5.74, 6) is -0.414. The molecule has 0 bridgehead atoms. The number of benzene rings is 1. The maximum Gasteiger partial charge on any atom is 0.339 e. The van der Waals surface area contributed by atoms with Gasteiger partial charge in [0.25, 0.3) is 0 Å². The number of nitrogens with two attached hydrogens (primary N) is 1. The molecule has 0 saturated carbocycles. The van der Waals surface area contributed by atoms with Crippen molar-refractivity contribution in [2.45, 2.75) is 6.92 Å². The maximum atomic E-state index is 11.4. The highest BCUT2D eigenvalue weighted by atomic mass is 79.9. The van der Waals surface area contributed by atoms with Gasteiger partial charge in [-0.15, -0.1) is 0 Å². The van der Waals surface area contributed by atoms with E-state index in [0.717, 1.165) is 0 Å². The Hall–Kier alpha value is -2.15. The molecule has 1 aromatic carbocycles. The Kier molecular flexibility index (Phi) is 3.89. The molecule has 1 heterocycles. The summed E-state index contributed by atoms with van der Waals surface area (Å²) in [6.45, 7) is 1.59. The molecule has 2 aromatic rings. The minimum Gasteiger partial charge on any atom is -0.496 e. The van der Waals surface area contributed by atoms with Crippen LogP contribution >= 0.6 is 15.9 Å². The molecule has 0 unspecified atom stereocenters. The third-order valence-corrected chi connectivity index (χ3v) is 3.37. The van der Waals surface area contributed by atoms with Gasteiger partial charge in [-0.1, -0.05) is 0 Å². The quantitative estimate of drug-likeness (QED) is 0.892. The van der Waals surface area contributed by atoms with Gasteiger partial charge in [0, 0.05) is 5.56 Å². The fourth-order valence-corrected chi connectivity index (χ4v) is 2.41. The number of carboxylic acid groups (broad SMARTS) is 1. The number of methoxy groups -OCH3 is 1. The summed E-state index contributed by atoms with van der Waals surface area (Å²) in [6.07, 6.45) is 0. The second kappa shape index (κ2) is 5.46. The maximum absolute atomic E-state index is 11.4. The van der Waals surface area contributed by atoms with Crippen molar-refractivity contribution < 1.29 is 14.6 Å². The van der Waals surface area contributed by atoms with E-state index in [4.69, 9.17) is 10.5 Å². The number of anilines is 1. The summed E-state index contributed by atoms with van der Waals surface area (Å²) in [5.41, 5.74) is 6.87. The highest BCUT2D eigenvalue weighted by Gasteiger charge is 2.19. The van der Waals surface area contributed by atoms with Crippen LogP contribution in [0, 0.1) is 6.92 Å². The van der Waals surface area contributed by atoms with Crippen molar-refractivity contribution in [1.82, 2.24) is 9.97 Å². The second-order valence-electron chi connectivity index (χ2n) is 4.05. The third-order valence-electron chi connectivity index (χ3n) is 2.75. The van der Waals surface area contributed by atoms with Gasteiger partial charge >= 0.3 is 5.97 Å². The molecule has 7 heteroatoms. The summed E-state index contributed by atoms with van der Waals surface area (Å²) < 4.78 is 5.84. The van der Waals surface area contributed by atoms with Crippen molar-refractivity contribution in [3.63, 3.8) is 0 Å². The first-order chi connectivity index (χ1) is 9.43. The number of carboxylic acids is 1. The van der Waals surface area contributed by atoms with Gasteiger partial charge in [0.05, 0.1) is 23.0 Å². The Balaban J connectivity index is 2.68. The molecule has 104 valence electrons. The monoisotopic (exact) mass is 337 g/mol. The molecule has 0 aliphatic heterocycles. The van der Waals surface area contributed by atoms with E-state index < -0.39 is 5.97 Å². The van der Waals surface area contributed by atoms with Crippen LogP contribution in [0.3, 0.4) is 0 Å². The summed E-state index contributed by atoms with van der Waals surface area (Å²) in [7, 11) is 1.55. The Bertz CT molecular complexity index is 689. The van der Waals surface area contributed by atoms with Crippen LogP contribution in [0.1, 0.15) is 16.1 Å². The first kappa shape index (κ1) is 14.3. The number of hydrogen-bond acceptors (Lipinski definition) is 5. The first-order valence-electron chi connectivity index (χ1n) is 5.65. The minimum absolute atomic E-state index is 0.0365. The summed E-state index contributed by atoms with van der Waals surface area (Å²) >= 11 is 3.36. The van der Waals surface area contributed by atoms with Gasteiger partial charge in [-0.3, -0.25) is 0 Å². The Morgan fingerprint density at radius 1 is 1.40 bits per heavy atom. The zero-order valence-corrected chi connectivity index (χ0v) is 12.4. The lowest BCUT2D eigenvalue weighted by atomic mass is 10.0. The number of ether oxygens (including phenoxy) is 1. The van der Waals surface area contributed by atoms with Crippen molar-refractivity contribution in [2.24, 2.45) is 0 Å². The molecule has 6 nitrogen and oxygen atoms in total. The predicted octanol–water partition coefficient (Wildman–Crippen LogP) is 2.50. The third kappa shape index (κ3) is 2.57. The van der Waals surface area contributed by atoms with E-state index >= 15 is 0 Å². The minimum atomic E-state index is -1.09. The van der Waals surface area contributed by atoms with E-state index in [9.17, 15) is 9.90 Å². The molecule has 0 aliphatic rings. The molecule has 3 N–H and O–H groups in total. The highest BCUT2D eigenvalue weighted by molar-refractivity contribution is 9.10. The fourth-order valence-electron chi connectivity index (χ4n) is 1.87. The zero-order valence-electron chi connectivity index (χ0n) is 10.8. The zero-order chi connectivity index (χ0) is 14.9. The Morgan fingerprint density at radius 3 is 2.65 bits per heavy atom. The van der Waals surface area contributed by atoms with Crippen molar-refractivity contribution in [1.29, 1.82) is 0 Å². The number of aromatic nitrogens is 2. The lowest BCUT2D eigenvalue weighted by Crippen LogP contribution is -2.09. The van der Waals surface area contributed by atoms with Gasteiger partial charge in [0.1, 0.15) is 11.3 Å². The lowest BCUT2D eigenvalue weighted by Gasteiger charge is -2.10. The summed E-state index contributed by atoms with van der Waals surface area (Å²) in [5, 5.41) is 9.31. The van der Waals surface area contributed by atoms with Crippen LogP contribution in [-0.4, -0.2) is 28.2 Å². The molecule has 0 aliphatic carbocycles. The Morgan fingerprint density at radius 2 is 2.10 bits per heavy atom. The Labute approximate surface area is 123 Å². The second-order valence-corrected chi connectivity index (χ2v) is 4.90. The molecular formula is C13H12BrN3O3. The van der Waals surface area contributed by atoms with Gasteiger partial charge in [-0.05, 0) is 41.1 Å². The standard InChI is InChI=1S/C13H12BrN3O3/c1-6-10(12(18)19)11(17-13(15)16-6)7-3-4-9(20-2)8(14)5-7/h3-5H,1-2H3,(H,18,19)(H2,15,16,17). The number of halogens is 1. The van der Waals surface area contributed by atoms with E-state index in [1.54, 1.807) is 32.2 Å². The van der Waals surface area contributed by atoms with E-state index in [1.165, 1.54) is 0 Å². The molecule has 0 radical (unpaired) electrons. The highest BCUT2D eigenvalue weighted by Crippen LogP contribution is 2.32. The topological polar surface area (TPSA) is 98.3 Å². The first-order valence-corrected chi connectivity index (χ1v) is 6.44. The molecule has 2 rings (SSSR count). The van der Waals surface area contributed by atoms with Crippen LogP contribution < -0.4 is 10.5 Å². The summed E-state index contributed by atoms with van der Waals surface area (Å²) in [4.78, 5) is 19.3. The van der Waals surface area contributed by atoms with Crippen LogP contribution in [0.15, 0.2) is 22.7 Å². The number of aromatic carboxylic acids is 1. The van der Waals surface area contributed by atoms with Gasteiger partial charge in [0.15, 0.2) is 0 Å². The SMILES string of the molecule is COc1ccc(-c2nc(N)nc(C)c2C(=O)O)cc1Br. The molecule has 20 heavy (non-hydrogen) atoms. The van der Waals surface area contributed by atoms with E-state index in [1.807, 2.05) is 0 Å². The average Bonchev–Trinajstić information content (AvgIpc) is 2.37. The molecular weight excluding hydrogens is 326 g/mol. The van der Waals surface area contributed by atoms with Crippen molar-refractivity contribution in [3.05, 3.63) is 33.9 Å². The van der Waals surface area contributed by atoms with E-state index in [2.05, 4.69) is 25.9 Å². The molecule has 1 aromatic heterocycles. The van der Waals surface area contributed by atoms with E-state index in [0.29, 0.717) is 21.5 Å². The smallest absolute Gasteiger partial charge is 0.339 e. The molecule has 0 saturated heterocycles. The summed E-state index contributed by atoms with van der Waals surface area (Å²) in [6, 6.07) is 5.17. The van der Waals surface area contributed by atoms with Gasteiger partial charge < -0.3 is 15.6 Å². The van der Waals surface area contributed by atoms with Gasteiger partial charge in [-0.25, -0.2) is 14.8 Å².